The summed E-state index contributed by atoms with van der Waals surface area (Å²) < 4.78 is 12.5. The standard InChI is InChI=1S/C38H30N4O2/c1-23-21-27(17-19-29(23)35-39-41-37(43-35)33-15-7-11-25-9-3-5-13-31(25)33)28-18-20-30(24(2)22-28)36-40-42-38(44-36)34-16-8-12-26-10-4-6-14-32(26)34/h3-11,13-22,24,26,30H,12H2,1-2H3. The quantitative estimate of drug-likeness (QED) is 0.208. The normalized spacial score (nSPS) is 20.8. The van der Waals surface area contributed by atoms with Crippen molar-refractivity contribution in [2.75, 3.05) is 0 Å². The Morgan fingerprint density at radius 2 is 1.59 bits per heavy atom. The third-order valence-electron chi connectivity index (χ3n) is 8.80. The Morgan fingerprint density at radius 3 is 2.48 bits per heavy atom. The maximum Gasteiger partial charge on any atom is 0.248 e. The van der Waals surface area contributed by atoms with E-state index in [1.807, 2.05) is 24.3 Å². The van der Waals surface area contributed by atoms with Crippen molar-refractivity contribution >= 4 is 21.9 Å². The van der Waals surface area contributed by atoms with Gasteiger partial charge in [0.1, 0.15) is 0 Å². The summed E-state index contributed by atoms with van der Waals surface area (Å²) in [4.78, 5) is 0. The Bertz CT molecular complexity index is 2100. The fraction of sp³-hybridized carbons (Fsp3) is 0.158. The molecule has 0 radical (unpaired) electrons. The predicted molar refractivity (Wildman–Crippen MR) is 173 cm³/mol. The molecule has 5 aromatic rings. The predicted octanol–water partition coefficient (Wildman–Crippen LogP) is 9.08. The Labute approximate surface area is 255 Å². The molecule has 0 N–H and O–H groups in total. The maximum absolute atomic E-state index is 6.27. The largest absolute Gasteiger partial charge is 0.420 e. The fourth-order valence-electron chi connectivity index (χ4n) is 6.44. The van der Waals surface area contributed by atoms with Gasteiger partial charge in [0, 0.05) is 22.6 Å². The van der Waals surface area contributed by atoms with Gasteiger partial charge in [-0.3, -0.25) is 0 Å². The number of rotatable bonds is 5. The van der Waals surface area contributed by atoms with Crippen LogP contribution in [0.5, 0.6) is 0 Å². The van der Waals surface area contributed by atoms with E-state index in [-0.39, 0.29) is 11.8 Å². The highest BCUT2D eigenvalue weighted by atomic mass is 16.4. The summed E-state index contributed by atoms with van der Waals surface area (Å²) in [7, 11) is 0. The monoisotopic (exact) mass is 574 g/mol. The Morgan fingerprint density at radius 1 is 0.750 bits per heavy atom. The van der Waals surface area contributed by atoms with Crippen LogP contribution in [0.3, 0.4) is 0 Å². The molecule has 44 heavy (non-hydrogen) atoms. The van der Waals surface area contributed by atoms with E-state index in [0.29, 0.717) is 29.5 Å². The maximum atomic E-state index is 6.27. The highest BCUT2D eigenvalue weighted by molar-refractivity contribution is 5.94. The summed E-state index contributed by atoms with van der Waals surface area (Å²) in [6, 6.07) is 20.7. The number of hydrogen-bond acceptors (Lipinski definition) is 6. The van der Waals surface area contributed by atoms with Crippen LogP contribution in [0.2, 0.25) is 0 Å². The lowest BCUT2D eigenvalue weighted by Crippen LogP contribution is -2.09. The molecule has 6 nitrogen and oxygen atoms in total. The van der Waals surface area contributed by atoms with Crippen molar-refractivity contribution in [1.82, 2.24) is 20.4 Å². The van der Waals surface area contributed by atoms with Crippen molar-refractivity contribution in [2.45, 2.75) is 26.2 Å². The van der Waals surface area contributed by atoms with Crippen LogP contribution in [0.15, 0.2) is 130 Å². The second-order valence-electron chi connectivity index (χ2n) is 11.6. The van der Waals surface area contributed by atoms with Gasteiger partial charge in [0.15, 0.2) is 0 Å². The molecular weight excluding hydrogens is 544 g/mol. The summed E-state index contributed by atoms with van der Waals surface area (Å²) in [5.41, 5.74) is 7.48. The number of nitrogens with zero attached hydrogens (tertiary/aromatic N) is 4. The molecule has 3 unspecified atom stereocenters. The van der Waals surface area contributed by atoms with Gasteiger partial charge in [-0.05, 0) is 64.4 Å². The number of aryl methyl sites for hydroxylation is 1. The van der Waals surface area contributed by atoms with Crippen molar-refractivity contribution in [2.24, 2.45) is 11.8 Å². The van der Waals surface area contributed by atoms with E-state index < -0.39 is 0 Å². The van der Waals surface area contributed by atoms with Crippen LogP contribution in [0.25, 0.3) is 44.8 Å². The van der Waals surface area contributed by atoms with E-state index >= 15 is 0 Å². The molecule has 3 aliphatic rings. The molecule has 6 heteroatoms. The van der Waals surface area contributed by atoms with Crippen LogP contribution >= 0.6 is 0 Å². The molecule has 3 atom stereocenters. The van der Waals surface area contributed by atoms with Crippen LogP contribution in [0, 0.1) is 18.8 Å². The molecule has 2 heterocycles. The molecule has 0 saturated carbocycles. The van der Waals surface area contributed by atoms with Crippen LogP contribution in [-0.2, 0) is 0 Å². The molecule has 214 valence electrons. The molecule has 0 spiro atoms. The van der Waals surface area contributed by atoms with Gasteiger partial charge in [-0.1, -0.05) is 110 Å². The highest BCUT2D eigenvalue weighted by Gasteiger charge is 2.27. The van der Waals surface area contributed by atoms with Crippen LogP contribution in [-0.4, -0.2) is 20.4 Å². The first-order valence-corrected chi connectivity index (χ1v) is 15.0. The molecule has 2 aromatic heterocycles. The highest BCUT2D eigenvalue weighted by Crippen LogP contribution is 2.39. The number of allylic oxidation sites excluding steroid dienone is 12. The molecule has 0 aliphatic heterocycles. The van der Waals surface area contributed by atoms with E-state index in [2.05, 4.69) is 125 Å². The number of fused-ring (bicyclic) bond motifs is 2. The lowest BCUT2D eigenvalue weighted by molar-refractivity contribution is 0.432. The van der Waals surface area contributed by atoms with Gasteiger partial charge in [0.05, 0.1) is 5.92 Å². The van der Waals surface area contributed by atoms with Gasteiger partial charge in [-0.15, -0.1) is 20.4 Å². The van der Waals surface area contributed by atoms with E-state index in [1.165, 1.54) is 5.57 Å². The summed E-state index contributed by atoms with van der Waals surface area (Å²) in [6.45, 7) is 4.27. The Kier molecular flexibility index (Phi) is 6.41. The second kappa shape index (κ2) is 10.7. The minimum absolute atomic E-state index is 0.0158. The summed E-state index contributed by atoms with van der Waals surface area (Å²) in [5, 5.41) is 19.9. The molecule has 8 rings (SSSR count). The third-order valence-corrected chi connectivity index (χ3v) is 8.80. The number of aromatic nitrogens is 4. The lowest BCUT2D eigenvalue weighted by atomic mass is 9.84. The van der Waals surface area contributed by atoms with Crippen molar-refractivity contribution in [3.63, 3.8) is 0 Å². The van der Waals surface area contributed by atoms with E-state index in [0.717, 1.165) is 50.6 Å². The smallest absolute Gasteiger partial charge is 0.248 e. The van der Waals surface area contributed by atoms with Crippen LogP contribution in [0.1, 0.15) is 42.2 Å². The van der Waals surface area contributed by atoms with Gasteiger partial charge in [-0.25, -0.2) is 0 Å². The van der Waals surface area contributed by atoms with Gasteiger partial charge < -0.3 is 8.83 Å². The zero-order valence-electron chi connectivity index (χ0n) is 24.5. The average Bonchev–Trinajstić information content (AvgIpc) is 3.75. The summed E-state index contributed by atoms with van der Waals surface area (Å²) >= 11 is 0. The van der Waals surface area contributed by atoms with Gasteiger partial charge >= 0.3 is 0 Å². The number of hydrogen-bond donors (Lipinski definition) is 0. The first-order chi connectivity index (χ1) is 21.6. The zero-order valence-corrected chi connectivity index (χ0v) is 24.5. The molecule has 3 aliphatic carbocycles. The SMILES string of the molecule is Cc1cc(C2=CC(C)C(c3nnc(C4=C5C=CC=CC5CC=C4)o3)C=C2)ccc1-c1nnc(-c2cccc3ccccc23)o1. The van der Waals surface area contributed by atoms with Crippen molar-refractivity contribution < 1.29 is 8.83 Å². The zero-order chi connectivity index (χ0) is 29.6. The first-order valence-electron chi connectivity index (χ1n) is 15.0. The van der Waals surface area contributed by atoms with Crippen LogP contribution < -0.4 is 0 Å². The van der Waals surface area contributed by atoms with Crippen molar-refractivity contribution in [3.8, 4) is 22.9 Å². The van der Waals surface area contributed by atoms with Crippen LogP contribution in [0.4, 0.5) is 0 Å². The number of benzene rings is 3. The topological polar surface area (TPSA) is 77.8 Å². The third kappa shape index (κ3) is 4.60. The summed E-state index contributed by atoms with van der Waals surface area (Å²) in [6.07, 6.45) is 20.5. The van der Waals surface area contributed by atoms with E-state index in [4.69, 9.17) is 8.83 Å². The van der Waals surface area contributed by atoms with Gasteiger partial charge in [-0.2, -0.15) is 0 Å². The van der Waals surface area contributed by atoms with Gasteiger partial charge in [0.25, 0.3) is 0 Å². The van der Waals surface area contributed by atoms with E-state index in [1.54, 1.807) is 0 Å². The van der Waals surface area contributed by atoms with E-state index in [9.17, 15) is 0 Å². The summed E-state index contributed by atoms with van der Waals surface area (Å²) in [5.74, 6) is 2.83. The van der Waals surface area contributed by atoms with Gasteiger partial charge in [0.2, 0.25) is 23.6 Å². The van der Waals surface area contributed by atoms with Crippen molar-refractivity contribution in [3.05, 3.63) is 144 Å². The molecule has 0 fully saturated rings. The molecular formula is C38H30N4O2. The Balaban J connectivity index is 1.02. The second-order valence-corrected chi connectivity index (χ2v) is 11.6. The average molecular weight is 575 g/mol. The van der Waals surface area contributed by atoms with Crippen molar-refractivity contribution in [1.29, 1.82) is 0 Å². The minimum atomic E-state index is 0.0158. The Hall–Kier alpha value is -5.36. The fourth-order valence-corrected chi connectivity index (χ4v) is 6.44. The molecule has 0 amide bonds. The minimum Gasteiger partial charge on any atom is -0.420 e. The first kappa shape index (κ1) is 26.3. The lowest BCUT2D eigenvalue weighted by Gasteiger charge is -2.21. The molecule has 3 aromatic carbocycles. The molecule has 0 saturated heterocycles. The molecule has 0 bridgehead atoms.